The van der Waals surface area contributed by atoms with Gasteiger partial charge in [-0.05, 0) is 38.2 Å². The molecule has 0 aromatic rings. The van der Waals surface area contributed by atoms with Crippen LogP contribution >= 0.6 is 0 Å². The van der Waals surface area contributed by atoms with Gasteiger partial charge in [0.05, 0.1) is 17.1 Å². The molecular formula is C24H36O7. The lowest BCUT2D eigenvalue weighted by Crippen LogP contribution is -2.54. The molecule has 2 aliphatic rings. The summed E-state index contributed by atoms with van der Waals surface area (Å²) in [5, 5.41) is 21.8. The molecule has 2 rings (SSSR count). The number of carbonyl (C=O) groups excluding carboxylic acids is 3. The minimum absolute atomic E-state index is 0.0704. The number of carbonyl (C=O) groups is 3. The Morgan fingerprint density at radius 1 is 1.29 bits per heavy atom. The Morgan fingerprint density at radius 3 is 2.42 bits per heavy atom. The fourth-order valence-electron chi connectivity index (χ4n) is 5.15. The highest BCUT2D eigenvalue weighted by Gasteiger charge is 2.56. The summed E-state index contributed by atoms with van der Waals surface area (Å²) in [6, 6.07) is 0. The van der Waals surface area contributed by atoms with Crippen LogP contribution in [0, 0.1) is 16.7 Å². The molecule has 2 aliphatic carbocycles. The largest absolute Gasteiger partial charge is 0.464 e. The summed E-state index contributed by atoms with van der Waals surface area (Å²) in [6.07, 6.45) is 0.953. The van der Waals surface area contributed by atoms with Gasteiger partial charge in [0, 0.05) is 32.1 Å². The second-order valence-electron chi connectivity index (χ2n) is 9.73. The minimum Gasteiger partial charge on any atom is -0.464 e. The van der Waals surface area contributed by atoms with Crippen molar-refractivity contribution in [1.82, 2.24) is 0 Å². The zero-order chi connectivity index (χ0) is 23.8. The maximum Gasteiger partial charge on any atom is 0.303 e. The van der Waals surface area contributed by atoms with Gasteiger partial charge in [-0.15, -0.1) is 6.58 Å². The van der Waals surface area contributed by atoms with Gasteiger partial charge in [-0.1, -0.05) is 25.5 Å². The van der Waals surface area contributed by atoms with Gasteiger partial charge in [-0.2, -0.15) is 0 Å². The van der Waals surface area contributed by atoms with Crippen LogP contribution in [0.2, 0.25) is 0 Å². The van der Waals surface area contributed by atoms with E-state index in [2.05, 4.69) is 6.58 Å². The van der Waals surface area contributed by atoms with E-state index in [0.29, 0.717) is 18.4 Å². The first-order chi connectivity index (χ1) is 14.2. The summed E-state index contributed by atoms with van der Waals surface area (Å²) in [5.74, 6) is -1.15. The third-order valence-corrected chi connectivity index (χ3v) is 7.31. The first kappa shape index (κ1) is 25.3. The second-order valence-corrected chi connectivity index (χ2v) is 9.73. The number of Topliss-reactive ketones (excluding diaryl/α,β-unsaturated/α-hetero) is 1. The Hall–Kier alpha value is -1.99. The van der Waals surface area contributed by atoms with E-state index in [-0.39, 0.29) is 31.1 Å². The zero-order valence-electron chi connectivity index (χ0n) is 19.5. The maximum atomic E-state index is 13.1. The molecule has 0 bridgehead atoms. The van der Waals surface area contributed by atoms with Crippen molar-refractivity contribution >= 4 is 17.7 Å². The van der Waals surface area contributed by atoms with Gasteiger partial charge in [0.15, 0.2) is 0 Å². The van der Waals surface area contributed by atoms with Crippen LogP contribution in [0.5, 0.6) is 0 Å². The van der Waals surface area contributed by atoms with Gasteiger partial charge < -0.3 is 19.7 Å². The van der Waals surface area contributed by atoms with Crippen molar-refractivity contribution in [1.29, 1.82) is 0 Å². The lowest BCUT2D eigenvalue weighted by atomic mass is 9.53. The number of ketones is 1. The van der Waals surface area contributed by atoms with E-state index in [0.717, 1.165) is 5.57 Å². The lowest BCUT2D eigenvalue weighted by molar-refractivity contribution is -0.154. The van der Waals surface area contributed by atoms with Gasteiger partial charge >= 0.3 is 11.9 Å². The smallest absolute Gasteiger partial charge is 0.303 e. The van der Waals surface area contributed by atoms with Gasteiger partial charge in [-0.3, -0.25) is 14.4 Å². The van der Waals surface area contributed by atoms with E-state index in [1.165, 1.54) is 19.9 Å². The van der Waals surface area contributed by atoms with Crippen molar-refractivity contribution in [3.8, 4) is 0 Å². The molecule has 0 aromatic carbocycles. The van der Waals surface area contributed by atoms with Gasteiger partial charge in [-0.25, -0.2) is 0 Å². The number of aliphatic hydroxyl groups excluding tert-OH is 1. The molecule has 6 atom stereocenters. The Morgan fingerprint density at radius 2 is 1.90 bits per heavy atom. The van der Waals surface area contributed by atoms with Gasteiger partial charge in [0.2, 0.25) is 0 Å². The number of hydrogen-bond donors (Lipinski definition) is 2. The molecule has 7 heteroatoms. The molecule has 0 aliphatic heterocycles. The van der Waals surface area contributed by atoms with Crippen LogP contribution in [0.4, 0.5) is 0 Å². The molecule has 0 spiro atoms. The third-order valence-electron chi connectivity index (χ3n) is 7.31. The maximum absolute atomic E-state index is 13.1. The normalized spacial score (nSPS) is 33.7. The Kier molecular flexibility index (Phi) is 7.23. The third kappa shape index (κ3) is 4.77. The molecule has 0 fully saturated rings. The van der Waals surface area contributed by atoms with Crippen molar-refractivity contribution in [2.45, 2.75) is 85.0 Å². The quantitative estimate of drug-likeness (QED) is 0.466. The number of aliphatic hydroxyl groups is 2. The number of rotatable bonds is 7. The number of hydrogen-bond acceptors (Lipinski definition) is 7. The van der Waals surface area contributed by atoms with Crippen LogP contribution in [-0.2, 0) is 23.9 Å². The summed E-state index contributed by atoms with van der Waals surface area (Å²) in [6.45, 7) is 13.3. The molecule has 174 valence electrons. The number of ether oxygens (including phenoxy) is 2. The fraction of sp³-hybridized carbons (Fsp3) is 0.708. The molecule has 0 amide bonds. The Balaban J connectivity index is 2.68. The average Bonchev–Trinajstić information content (AvgIpc) is 2.65. The predicted octanol–water partition coefficient (Wildman–Crippen LogP) is 2.88. The van der Waals surface area contributed by atoms with Crippen LogP contribution < -0.4 is 0 Å². The summed E-state index contributed by atoms with van der Waals surface area (Å²) in [7, 11) is 0. The lowest BCUT2D eigenvalue weighted by Gasteiger charge is -2.53. The summed E-state index contributed by atoms with van der Waals surface area (Å²) in [5.41, 5.74) is -1.71. The van der Waals surface area contributed by atoms with Crippen LogP contribution in [0.3, 0.4) is 0 Å². The van der Waals surface area contributed by atoms with Gasteiger partial charge in [0.25, 0.3) is 0 Å². The molecule has 2 N–H and O–H groups in total. The second kappa shape index (κ2) is 8.87. The molecule has 7 nitrogen and oxygen atoms in total. The van der Waals surface area contributed by atoms with Crippen LogP contribution in [-0.4, -0.2) is 52.4 Å². The standard InChI is InChI=1S/C24H36O7/c1-8-22(5,29)12-20(28)24(7)14(2)11-18(31-16(4)26)21-17(24)9-10-19(27)23(21,6)13-30-15(3)25/h8,14,18,20,28-29H,1,9-13H2,2-7H3/t14-,18+,20+,22+,23-,24-/m0/s1. The van der Waals surface area contributed by atoms with Crippen LogP contribution in [0.1, 0.15) is 67.2 Å². The Labute approximate surface area is 184 Å². The van der Waals surface area contributed by atoms with Gasteiger partial charge in [0.1, 0.15) is 18.5 Å². The fourth-order valence-corrected chi connectivity index (χ4v) is 5.15. The zero-order valence-corrected chi connectivity index (χ0v) is 19.5. The van der Waals surface area contributed by atoms with E-state index in [4.69, 9.17) is 9.47 Å². The first-order valence-electron chi connectivity index (χ1n) is 10.8. The van der Waals surface area contributed by atoms with Crippen LogP contribution in [0.25, 0.3) is 0 Å². The SMILES string of the molecule is C=C[C@@](C)(O)C[C@@H](O)[C@]1(C)C2=C([C@H](OC(C)=O)C[C@@H]1C)[C@@](C)(COC(C)=O)C(=O)CC2. The van der Waals surface area contributed by atoms with Crippen molar-refractivity contribution in [2.75, 3.05) is 6.61 Å². The summed E-state index contributed by atoms with van der Waals surface area (Å²) < 4.78 is 10.9. The summed E-state index contributed by atoms with van der Waals surface area (Å²) >= 11 is 0. The van der Waals surface area contributed by atoms with E-state index in [9.17, 15) is 24.6 Å². The molecule has 0 saturated heterocycles. The van der Waals surface area contributed by atoms with E-state index < -0.39 is 40.6 Å². The molecular weight excluding hydrogens is 400 g/mol. The topological polar surface area (TPSA) is 110 Å². The molecule has 0 aromatic heterocycles. The molecule has 0 radical (unpaired) electrons. The molecule has 31 heavy (non-hydrogen) atoms. The highest BCUT2D eigenvalue weighted by Crippen LogP contribution is 2.57. The molecule has 0 unspecified atom stereocenters. The average molecular weight is 437 g/mol. The minimum atomic E-state index is -1.26. The highest BCUT2D eigenvalue weighted by atomic mass is 16.5. The Bertz CT molecular complexity index is 796. The van der Waals surface area contributed by atoms with Crippen molar-refractivity contribution in [3.63, 3.8) is 0 Å². The molecule has 0 saturated carbocycles. The first-order valence-corrected chi connectivity index (χ1v) is 10.8. The predicted molar refractivity (Wildman–Crippen MR) is 115 cm³/mol. The van der Waals surface area contributed by atoms with Crippen LogP contribution in [0.15, 0.2) is 23.8 Å². The van der Waals surface area contributed by atoms with E-state index >= 15 is 0 Å². The summed E-state index contributed by atoms with van der Waals surface area (Å²) in [4.78, 5) is 36.5. The van der Waals surface area contributed by atoms with E-state index in [1.54, 1.807) is 13.8 Å². The van der Waals surface area contributed by atoms with E-state index in [1.807, 2.05) is 13.8 Å². The monoisotopic (exact) mass is 436 g/mol. The van der Waals surface area contributed by atoms with Crippen molar-refractivity contribution < 1.29 is 34.1 Å². The highest BCUT2D eigenvalue weighted by molar-refractivity contribution is 5.90. The molecule has 0 heterocycles. The van der Waals surface area contributed by atoms with Crippen molar-refractivity contribution in [2.24, 2.45) is 16.7 Å². The number of esters is 2. The van der Waals surface area contributed by atoms with Crippen molar-refractivity contribution in [3.05, 3.63) is 23.8 Å².